The standard InChI is InChI=1S/C17H11ClF3N5OS2/c1-26-15(17(19,20)21)24-25-16(26)29-7-11-22-13(27)12-9(6-28-14(12)23-11)8-4-2-3-5-10(8)18/h2-6H,7H2,1H3,(H,22,23,27). The lowest BCUT2D eigenvalue weighted by atomic mass is 10.1. The van der Waals surface area contributed by atoms with Crippen LogP contribution in [0.3, 0.4) is 0 Å². The molecule has 0 atom stereocenters. The molecule has 4 aromatic rings. The molecule has 6 nitrogen and oxygen atoms in total. The number of thiophene rings is 1. The molecular formula is C17H11ClF3N5OS2. The van der Waals surface area contributed by atoms with E-state index in [1.54, 1.807) is 12.1 Å². The lowest BCUT2D eigenvalue weighted by Crippen LogP contribution is -2.13. The molecule has 12 heteroatoms. The van der Waals surface area contributed by atoms with E-state index in [-0.39, 0.29) is 16.5 Å². The molecule has 150 valence electrons. The predicted octanol–water partition coefficient (Wildman–Crippen LogP) is 4.74. The molecule has 0 spiro atoms. The number of nitrogens with zero attached hydrogens (tertiary/aromatic N) is 4. The van der Waals surface area contributed by atoms with Crippen molar-refractivity contribution >= 4 is 44.9 Å². The molecule has 0 fully saturated rings. The zero-order chi connectivity index (χ0) is 20.8. The number of aromatic nitrogens is 5. The van der Waals surface area contributed by atoms with Crippen molar-refractivity contribution < 1.29 is 13.2 Å². The van der Waals surface area contributed by atoms with Crippen LogP contribution in [0, 0.1) is 0 Å². The summed E-state index contributed by atoms with van der Waals surface area (Å²) < 4.78 is 39.3. The van der Waals surface area contributed by atoms with Crippen LogP contribution in [-0.4, -0.2) is 24.7 Å². The monoisotopic (exact) mass is 457 g/mol. The number of rotatable bonds is 4. The van der Waals surface area contributed by atoms with E-state index >= 15 is 0 Å². The van der Waals surface area contributed by atoms with Gasteiger partial charge in [-0.3, -0.25) is 4.79 Å². The summed E-state index contributed by atoms with van der Waals surface area (Å²) in [5, 5.41) is 9.56. The van der Waals surface area contributed by atoms with Crippen molar-refractivity contribution in [3.05, 3.63) is 56.7 Å². The molecule has 1 N–H and O–H groups in total. The third-order valence-electron chi connectivity index (χ3n) is 4.08. The SMILES string of the molecule is Cn1c(SCc2nc3scc(-c4ccccc4Cl)c3c(=O)[nH]2)nnc1C(F)(F)F. The van der Waals surface area contributed by atoms with Crippen LogP contribution in [0.1, 0.15) is 11.6 Å². The van der Waals surface area contributed by atoms with E-state index in [1.807, 2.05) is 17.5 Å². The van der Waals surface area contributed by atoms with Gasteiger partial charge < -0.3 is 9.55 Å². The number of halogens is 4. The van der Waals surface area contributed by atoms with Crippen molar-refractivity contribution in [3.63, 3.8) is 0 Å². The molecule has 4 rings (SSSR count). The van der Waals surface area contributed by atoms with Crippen LogP contribution < -0.4 is 5.56 Å². The van der Waals surface area contributed by atoms with Gasteiger partial charge in [0.1, 0.15) is 10.7 Å². The van der Waals surface area contributed by atoms with Gasteiger partial charge in [0.25, 0.3) is 5.56 Å². The van der Waals surface area contributed by atoms with Gasteiger partial charge in [-0.1, -0.05) is 41.6 Å². The number of aromatic amines is 1. The number of H-pyrrole nitrogens is 1. The minimum Gasteiger partial charge on any atom is -0.309 e. The Morgan fingerprint density at radius 1 is 1.24 bits per heavy atom. The van der Waals surface area contributed by atoms with Gasteiger partial charge in [-0.25, -0.2) is 4.98 Å². The van der Waals surface area contributed by atoms with Crippen LogP contribution in [0.4, 0.5) is 13.2 Å². The van der Waals surface area contributed by atoms with Crippen LogP contribution in [0.15, 0.2) is 39.6 Å². The summed E-state index contributed by atoms with van der Waals surface area (Å²) in [5.41, 5.74) is 1.08. The molecule has 0 bridgehead atoms. The van der Waals surface area contributed by atoms with Crippen molar-refractivity contribution in [2.45, 2.75) is 17.1 Å². The number of fused-ring (bicyclic) bond motifs is 1. The fourth-order valence-electron chi connectivity index (χ4n) is 2.76. The molecule has 1 aromatic carbocycles. The fourth-order valence-corrected chi connectivity index (χ4v) is 4.74. The maximum atomic E-state index is 12.8. The van der Waals surface area contributed by atoms with E-state index in [0.717, 1.165) is 21.9 Å². The normalized spacial score (nSPS) is 12.0. The number of alkyl halides is 3. The molecule has 0 saturated heterocycles. The maximum absolute atomic E-state index is 12.8. The van der Waals surface area contributed by atoms with Crippen molar-refractivity contribution in [3.8, 4) is 11.1 Å². The number of thioether (sulfide) groups is 1. The van der Waals surface area contributed by atoms with Gasteiger partial charge >= 0.3 is 6.18 Å². The van der Waals surface area contributed by atoms with Crippen LogP contribution in [0.25, 0.3) is 21.3 Å². The Balaban J connectivity index is 1.63. The molecule has 0 saturated carbocycles. The number of hydrogen-bond acceptors (Lipinski definition) is 6. The molecule has 0 aliphatic rings. The van der Waals surface area contributed by atoms with E-state index in [4.69, 9.17) is 11.6 Å². The van der Waals surface area contributed by atoms with Crippen LogP contribution in [-0.2, 0) is 19.0 Å². The second-order valence-electron chi connectivity index (χ2n) is 5.97. The highest BCUT2D eigenvalue weighted by Crippen LogP contribution is 2.35. The molecule has 0 radical (unpaired) electrons. The zero-order valence-corrected chi connectivity index (χ0v) is 17.0. The molecular weight excluding hydrogens is 447 g/mol. The van der Waals surface area contributed by atoms with Gasteiger partial charge in [0, 0.05) is 28.6 Å². The predicted molar refractivity (Wildman–Crippen MR) is 106 cm³/mol. The Kier molecular flexibility index (Phi) is 5.13. The Morgan fingerprint density at radius 2 is 2.00 bits per heavy atom. The first-order chi connectivity index (χ1) is 13.8. The van der Waals surface area contributed by atoms with E-state index in [2.05, 4.69) is 20.2 Å². The highest BCUT2D eigenvalue weighted by Gasteiger charge is 2.37. The lowest BCUT2D eigenvalue weighted by Gasteiger charge is -2.06. The summed E-state index contributed by atoms with van der Waals surface area (Å²) >= 11 is 8.54. The first-order valence-corrected chi connectivity index (χ1v) is 10.3. The highest BCUT2D eigenvalue weighted by atomic mass is 35.5. The van der Waals surface area contributed by atoms with E-state index < -0.39 is 12.0 Å². The zero-order valence-electron chi connectivity index (χ0n) is 14.6. The van der Waals surface area contributed by atoms with Crippen LogP contribution in [0.2, 0.25) is 5.02 Å². The van der Waals surface area contributed by atoms with Gasteiger partial charge in [-0.15, -0.1) is 21.5 Å². The smallest absolute Gasteiger partial charge is 0.309 e. The second kappa shape index (κ2) is 7.47. The molecule has 29 heavy (non-hydrogen) atoms. The average molecular weight is 458 g/mol. The highest BCUT2D eigenvalue weighted by molar-refractivity contribution is 7.98. The first kappa shape index (κ1) is 19.9. The van der Waals surface area contributed by atoms with Crippen LogP contribution in [0.5, 0.6) is 0 Å². The van der Waals surface area contributed by atoms with Crippen molar-refractivity contribution in [2.24, 2.45) is 7.05 Å². The maximum Gasteiger partial charge on any atom is 0.451 e. The molecule has 0 amide bonds. The van der Waals surface area contributed by atoms with E-state index in [9.17, 15) is 18.0 Å². The summed E-state index contributed by atoms with van der Waals surface area (Å²) in [6, 6.07) is 7.19. The largest absolute Gasteiger partial charge is 0.451 e. The molecule has 3 heterocycles. The Morgan fingerprint density at radius 3 is 2.69 bits per heavy atom. The van der Waals surface area contributed by atoms with Gasteiger partial charge in [0.2, 0.25) is 5.82 Å². The van der Waals surface area contributed by atoms with Gasteiger partial charge in [-0.05, 0) is 6.07 Å². The Labute approximate surface area is 174 Å². The summed E-state index contributed by atoms with van der Waals surface area (Å²) in [7, 11) is 1.24. The summed E-state index contributed by atoms with van der Waals surface area (Å²) in [6.07, 6.45) is -4.59. The van der Waals surface area contributed by atoms with Gasteiger partial charge in [-0.2, -0.15) is 13.2 Å². The van der Waals surface area contributed by atoms with Gasteiger partial charge in [0.15, 0.2) is 5.16 Å². The fraction of sp³-hybridized carbons (Fsp3) is 0.176. The summed E-state index contributed by atoms with van der Waals surface area (Å²) in [5.74, 6) is -0.620. The van der Waals surface area contributed by atoms with Crippen molar-refractivity contribution in [2.75, 3.05) is 0 Å². The minimum atomic E-state index is -4.59. The van der Waals surface area contributed by atoms with Crippen LogP contribution >= 0.6 is 34.7 Å². The van der Waals surface area contributed by atoms with Gasteiger partial charge in [0.05, 0.1) is 11.1 Å². The molecule has 0 aliphatic heterocycles. The van der Waals surface area contributed by atoms with Crippen molar-refractivity contribution in [1.82, 2.24) is 24.7 Å². The Bertz CT molecular complexity index is 1260. The first-order valence-electron chi connectivity index (χ1n) is 8.10. The second-order valence-corrected chi connectivity index (χ2v) is 8.18. The quantitative estimate of drug-likeness (QED) is 0.448. The molecule has 0 aliphatic carbocycles. The van der Waals surface area contributed by atoms with Crippen molar-refractivity contribution in [1.29, 1.82) is 0 Å². The lowest BCUT2D eigenvalue weighted by molar-refractivity contribution is -0.147. The minimum absolute atomic E-state index is 0.0722. The summed E-state index contributed by atoms with van der Waals surface area (Å²) in [4.78, 5) is 20.3. The molecule has 0 unspecified atom stereocenters. The van der Waals surface area contributed by atoms with E-state index in [0.29, 0.717) is 26.6 Å². The number of hydrogen-bond donors (Lipinski definition) is 1. The third kappa shape index (κ3) is 3.77. The average Bonchev–Trinajstić information content (AvgIpc) is 3.24. The Hall–Kier alpha value is -2.37. The van der Waals surface area contributed by atoms with E-state index in [1.165, 1.54) is 18.4 Å². The third-order valence-corrected chi connectivity index (χ3v) is 6.32. The number of nitrogens with one attached hydrogen (secondary N) is 1. The topological polar surface area (TPSA) is 76.5 Å². The number of benzene rings is 1. The summed E-state index contributed by atoms with van der Waals surface area (Å²) in [6.45, 7) is 0. The molecule has 3 aromatic heterocycles.